The summed E-state index contributed by atoms with van der Waals surface area (Å²) < 4.78 is 0. The molecule has 5 heteroatoms. The van der Waals surface area contributed by atoms with Gasteiger partial charge in [-0.25, -0.2) is 9.97 Å². The molecule has 2 aromatic heterocycles. The summed E-state index contributed by atoms with van der Waals surface area (Å²) in [5.74, 6) is 0.403. The molecule has 0 atom stereocenters. The molecule has 0 unspecified atom stereocenters. The first-order chi connectivity index (χ1) is 9.76. The van der Waals surface area contributed by atoms with E-state index in [2.05, 4.69) is 20.3 Å². The lowest BCUT2D eigenvalue weighted by atomic mass is 10.1. The van der Waals surface area contributed by atoms with Crippen molar-refractivity contribution in [2.24, 2.45) is 0 Å². The number of anilines is 2. The molecule has 5 nitrogen and oxygen atoms in total. The minimum atomic E-state index is 0.331. The Hall–Kier alpha value is -3.00. The van der Waals surface area contributed by atoms with Crippen LogP contribution >= 0.6 is 0 Å². The van der Waals surface area contributed by atoms with Gasteiger partial charge < -0.3 is 5.32 Å². The lowest BCUT2D eigenvalue weighted by molar-refractivity contribution is 1.14. The zero-order chi connectivity index (χ0) is 13.9. The van der Waals surface area contributed by atoms with Gasteiger partial charge in [0.05, 0.1) is 11.2 Å². The van der Waals surface area contributed by atoms with Gasteiger partial charge in [0.25, 0.3) is 0 Å². The van der Waals surface area contributed by atoms with Crippen LogP contribution in [0.25, 0.3) is 10.9 Å². The Morgan fingerprint density at radius 1 is 1.15 bits per heavy atom. The summed E-state index contributed by atoms with van der Waals surface area (Å²) >= 11 is 0. The maximum absolute atomic E-state index is 8.87. The molecular formula is C15H11N5. The molecule has 0 aliphatic rings. The minimum absolute atomic E-state index is 0.331. The van der Waals surface area contributed by atoms with Crippen molar-refractivity contribution in [3.05, 3.63) is 54.0 Å². The van der Waals surface area contributed by atoms with E-state index in [0.29, 0.717) is 11.6 Å². The molecule has 0 aliphatic carbocycles. The molecule has 1 aromatic carbocycles. The van der Waals surface area contributed by atoms with Crippen molar-refractivity contribution >= 4 is 22.5 Å². The van der Waals surface area contributed by atoms with Crippen LogP contribution in [0.2, 0.25) is 0 Å². The van der Waals surface area contributed by atoms with E-state index in [1.54, 1.807) is 12.3 Å². The highest BCUT2D eigenvalue weighted by atomic mass is 15.1. The lowest BCUT2D eigenvalue weighted by Crippen LogP contribution is -2.00. The van der Waals surface area contributed by atoms with Crippen molar-refractivity contribution in [1.29, 1.82) is 5.26 Å². The second-order valence-corrected chi connectivity index (χ2v) is 4.33. The lowest BCUT2D eigenvalue weighted by Gasteiger charge is -2.09. The first-order valence-corrected chi connectivity index (χ1v) is 6.13. The quantitative estimate of drug-likeness (QED) is 0.767. The van der Waals surface area contributed by atoms with E-state index in [-0.39, 0.29) is 0 Å². The second kappa shape index (κ2) is 4.94. The van der Waals surface area contributed by atoms with Crippen LogP contribution in [-0.4, -0.2) is 15.0 Å². The molecule has 0 saturated heterocycles. The van der Waals surface area contributed by atoms with Gasteiger partial charge in [-0.2, -0.15) is 5.26 Å². The Morgan fingerprint density at radius 2 is 2.00 bits per heavy atom. The molecule has 3 rings (SSSR count). The molecule has 3 aromatic rings. The Bertz CT molecular complexity index is 820. The molecule has 20 heavy (non-hydrogen) atoms. The second-order valence-electron chi connectivity index (χ2n) is 4.33. The normalized spacial score (nSPS) is 10.2. The Labute approximate surface area is 116 Å². The van der Waals surface area contributed by atoms with E-state index in [4.69, 9.17) is 5.26 Å². The minimum Gasteiger partial charge on any atom is -0.323 e. The van der Waals surface area contributed by atoms with Crippen molar-refractivity contribution < 1.29 is 0 Å². The summed E-state index contributed by atoms with van der Waals surface area (Å²) in [5, 5.41) is 13.0. The summed E-state index contributed by atoms with van der Waals surface area (Å²) in [7, 11) is 0. The molecule has 1 N–H and O–H groups in total. The van der Waals surface area contributed by atoms with Gasteiger partial charge in [0.1, 0.15) is 11.8 Å². The fourth-order valence-electron chi connectivity index (χ4n) is 2.01. The predicted octanol–water partition coefficient (Wildman–Crippen LogP) is 2.95. The summed E-state index contributed by atoms with van der Waals surface area (Å²) in [6.07, 6.45) is 1.56. The molecule has 0 amide bonds. The van der Waals surface area contributed by atoms with E-state index < -0.39 is 0 Å². The molecule has 0 fully saturated rings. The number of nitriles is 1. The number of rotatable bonds is 2. The van der Waals surface area contributed by atoms with Crippen LogP contribution < -0.4 is 5.32 Å². The Morgan fingerprint density at radius 3 is 2.85 bits per heavy atom. The first-order valence-electron chi connectivity index (χ1n) is 6.13. The SMILES string of the molecule is Cc1cc(Nc2nccc(C#N)n2)c2ccccc2n1. The Kier molecular flexibility index (Phi) is 2.98. The maximum Gasteiger partial charge on any atom is 0.228 e. The van der Waals surface area contributed by atoms with E-state index in [1.807, 2.05) is 43.3 Å². The smallest absolute Gasteiger partial charge is 0.228 e. The van der Waals surface area contributed by atoms with Crippen LogP contribution in [-0.2, 0) is 0 Å². The summed E-state index contributed by atoms with van der Waals surface area (Å²) in [4.78, 5) is 12.7. The highest BCUT2D eigenvalue weighted by molar-refractivity contribution is 5.92. The first kappa shape index (κ1) is 12.1. The molecular weight excluding hydrogens is 250 g/mol. The number of pyridine rings is 1. The van der Waals surface area contributed by atoms with Crippen LogP contribution in [0.4, 0.5) is 11.6 Å². The number of benzene rings is 1. The largest absolute Gasteiger partial charge is 0.323 e. The van der Waals surface area contributed by atoms with Gasteiger partial charge in [0.15, 0.2) is 0 Å². The number of nitrogens with one attached hydrogen (secondary N) is 1. The zero-order valence-electron chi connectivity index (χ0n) is 10.8. The standard InChI is InChI=1S/C15H11N5/c1-10-8-14(12-4-2-3-5-13(12)18-10)20-15-17-7-6-11(9-16)19-15/h2-8H,1H3,(H,17,18,19,20). The van der Waals surface area contributed by atoms with Gasteiger partial charge in [0.2, 0.25) is 5.95 Å². The zero-order valence-corrected chi connectivity index (χ0v) is 10.8. The van der Waals surface area contributed by atoms with E-state index in [0.717, 1.165) is 22.3 Å². The van der Waals surface area contributed by atoms with Crippen LogP contribution in [0, 0.1) is 18.3 Å². The summed E-state index contributed by atoms with van der Waals surface area (Å²) in [6.45, 7) is 1.93. The fourth-order valence-corrected chi connectivity index (χ4v) is 2.01. The van der Waals surface area contributed by atoms with Crippen LogP contribution in [0.15, 0.2) is 42.6 Å². The van der Waals surface area contributed by atoms with Gasteiger partial charge in [0, 0.05) is 17.3 Å². The van der Waals surface area contributed by atoms with Crippen molar-refractivity contribution in [1.82, 2.24) is 15.0 Å². The highest BCUT2D eigenvalue weighted by Crippen LogP contribution is 2.24. The van der Waals surface area contributed by atoms with E-state index >= 15 is 0 Å². The van der Waals surface area contributed by atoms with E-state index in [1.165, 1.54) is 0 Å². The predicted molar refractivity (Wildman–Crippen MR) is 76.5 cm³/mol. The molecule has 0 saturated carbocycles. The number of hydrogen-bond donors (Lipinski definition) is 1. The molecule has 2 heterocycles. The number of fused-ring (bicyclic) bond motifs is 1. The number of aryl methyl sites for hydroxylation is 1. The highest BCUT2D eigenvalue weighted by Gasteiger charge is 2.05. The summed E-state index contributed by atoms with van der Waals surface area (Å²) in [6, 6.07) is 13.4. The molecule has 0 radical (unpaired) electrons. The third-order valence-electron chi connectivity index (χ3n) is 2.86. The van der Waals surface area contributed by atoms with Crippen LogP contribution in [0.5, 0.6) is 0 Å². The maximum atomic E-state index is 8.87. The van der Waals surface area contributed by atoms with Crippen LogP contribution in [0.3, 0.4) is 0 Å². The summed E-state index contributed by atoms with van der Waals surface area (Å²) in [5.41, 5.74) is 3.02. The van der Waals surface area contributed by atoms with Gasteiger partial charge in [-0.3, -0.25) is 4.98 Å². The third kappa shape index (κ3) is 2.27. The van der Waals surface area contributed by atoms with Gasteiger partial charge in [-0.15, -0.1) is 0 Å². The monoisotopic (exact) mass is 261 g/mol. The number of nitrogens with zero attached hydrogens (tertiary/aromatic N) is 4. The number of aromatic nitrogens is 3. The Balaban J connectivity index is 2.08. The van der Waals surface area contributed by atoms with Crippen molar-refractivity contribution in [2.45, 2.75) is 6.92 Å². The van der Waals surface area contributed by atoms with Gasteiger partial charge >= 0.3 is 0 Å². The third-order valence-corrected chi connectivity index (χ3v) is 2.86. The molecule has 96 valence electrons. The van der Waals surface area contributed by atoms with Crippen LogP contribution in [0.1, 0.15) is 11.4 Å². The molecule has 0 aliphatic heterocycles. The average Bonchev–Trinajstić information content (AvgIpc) is 2.47. The number of hydrogen-bond acceptors (Lipinski definition) is 5. The van der Waals surface area contributed by atoms with Crippen molar-refractivity contribution in [2.75, 3.05) is 5.32 Å². The number of para-hydroxylation sites is 1. The fraction of sp³-hybridized carbons (Fsp3) is 0.0667. The van der Waals surface area contributed by atoms with Gasteiger partial charge in [-0.1, -0.05) is 18.2 Å². The van der Waals surface area contributed by atoms with Crippen molar-refractivity contribution in [3.8, 4) is 6.07 Å². The topological polar surface area (TPSA) is 74.5 Å². The molecule has 0 spiro atoms. The van der Waals surface area contributed by atoms with Gasteiger partial charge in [-0.05, 0) is 25.1 Å². The van der Waals surface area contributed by atoms with Crippen molar-refractivity contribution in [3.63, 3.8) is 0 Å². The molecule has 0 bridgehead atoms. The average molecular weight is 261 g/mol. The van der Waals surface area contributed by atoms with E-state index in [9.17, 15) is 0 Å².